The molecule has 30 heavy (non-hydrogen) atoms. The summed E-state index contributed by atoms with van der Waals surface area (Å²) >= 11 is 0. The molecule has 1 aliphatic rings. The largest absolute Gasteiger partial charge is 0.490 e. The maximum absolute atomic E-state index is 12.3. The van der Waals surface area contributed by atoms with Crippen molar-refractivity contribution in [3.8, 4) is 11.5 Å². The van der Waals surface area contributed by atoms with Gasteiger partial charge >= 0.3 is 5.97 Å². The fourth-order valence-electron chi connectivity index (χ4n) is 2.86. The van der Waals surface area contributed by atoms with Gasteiger partial charge in [0.2, 0.25) is 5.78 Å². The van der Waals surface area contributed by atoms with Gasteiger partial charge in [-0.1, -0.05) is 0 Å². The van der Waals surface area contributed by atoms with Crippen molar-refractivity contribution in [3.05, 3.63) is 47.8 Å². The Hall–Kier alpha value is -3.33. The first-order chi connectivity index (χ1) is 14.6. The van der Waals surface area contributed by atoms with Gasteiger partial charge in [-0.2, -0.15) is 0 Å². The summed E-state index contributed by atoms with van der Waals surface area (Å²) in [4.78, 5) is 41.0. The van der Waals surface area contributed by atoms with Crippen LogP contribution in [0.3, 0.4) is 0 Å². The maximum Gasteiger partial charge on any atom is 0.338 e. The van der Waals surface area contributed by atoms with Crippen molar-refractivity contribution in [2.24, 2.45) is 0 Å². The number of benzene rings is 1. The summed E-state index contributed by atoms with van der Waals surface area (Å²) in [6.45, 7) is 3.71. The van der Waals surface area contributed by atoms with Crippen LogP contribution in [-0.2, 0) is 14.3 Å². The molecule has 1 aromatic carbocycles. The van der Waals surface area contributed by atoms with Crippen LogP contribution in [0.1, 0.15) is 27.8 Å². The van der Waals surface area contributed by atoms with Crippen molar-refractivity contribution in [2.45, 2.75) is 6.92 Å². The first-order valence-corrected chi connectivity index (χ1v) is 9.67. The quantitative estimate of drug-likeness (QED) is 0.490. The number of nitrogens with zero attached hydrogens (tertiary/aromatic N) is 1. The highest BCUT2D eigenvalue weighted by molar-refractivity contribution is 5.98. The number of ether oxygens (including phenoxy) is 4. The Morgan fingerprint density at radius 3 is 2.57 bits per heavy atom. The van der Waals surface area contributed by atoms with Gasteiger partial charge in [-0.05, 0) is 37.3 Å². The Morgan fingerprint density at radius 2 is 1.87 bits per heavy atom. The molecule has 0 unspecified atom stereocenters. The van der Waals surface area contributed by atoms with Crippen LogP contribution < -0.4 is 9.47 Å². The van der Waals surface area contributed by atoms with Gasteiger partial charge < -0.3 is 28.8 Å². The standard InChI is InChI=1S/C21H24N2O7/c1-2-28-19-12-15(21(26)30-13-17(24)16-4-3-7-22-16)5-6-18(19)29-14-20(25)23-8-10-27-11-9-23/h3-7,12,22H,2,8-11,13-14H2,1H3. The summed E-state index contributed by atoms with van der Waals surface area (Å²) in [5.74, 6) is -0.478. The van der Waals surface area contributed by atoms with Crippen molar-refractivity contribution in [2.75, 3.05) is 46.1 Å². The van der Waals surface area contributed by atoms with E-state index in [2.05, 4.69) is 4.98 Å². The topological polar surface area (TPSA) is 107 Å². The lowest BCUT2D eigenvalue weighted by Gasteiger charge is -2.26. The number of morpholine rings is 1. The van der Waals surface area contributed by atoms with E-state index >= 15 is 0 Å². The van der Waals surface area contributed by atoms with Gasteiger partial charge in [-0.25, -0.2) is 4.79 Å². The monoisotopic (exact) mass is 416 g/mol. The zero-order chi connectivity index (χ0) is 21.3. The van der Waals surface area contributed by atoms with Crippen molar-refractivity contribution in [3.63, 3.8) is 0 Å². The van der Waals surface area contributed by atoms with E-state index < -0.39 is 5.97 Å². The Morgan fingerprint density at radius 1 is 1.07 bits per heavy atom. The smallest absolute Gasteiger partial charge is 0.338 e. The van der Waals surface area contributed by atoms with Gasteiger partial charge in [-0.15, -0.1) is 0 Å². The molecule has 0 radical (unpaired) electrons. The Balaban J connectivity index is 1.59. The van der Waals surface area contributed by atoms with E-state index in [4.69, 9.17) is 18.9 Å². The van der Waals surface area contributed by atoms with E-state index in [9.17, 15) is 14.4 Å². The normalized spacial score (nSPS) is 13.6. The first kappa shape index (κ1) is 21.4. The number of esters is 1. The van der Waals surface area contributed by atoms with Crippen LogP contribution >= 0.6 is 0 Å². The number of carbonyl (C=O) groups excluding carboxylic acids is 3. The molecule has 160 valence electrons. The molecule has 0 saturated carbocycles. The molecule has 0 atom stereocenters. The highest BCUT2D eigenvalue weighted by atomic mass is 16.5. The molecule has 9 heteroatoms. The van der Waals surface area contributed by atoms with Crippen LogP contribution in [0.5, 0.6) is 11.5 Å². The second kappa shape index (κ2) is 10.4. The summed E-state index contributed by atoms with van der Waals surface area (Å²) < 4.78 is 21.5. The number of hydrogen-bond donors (Lipinski definition) is 1. The zero-order valence-electron chi connectivity index (χ0n) is 16.7. The first-order valence-electron chi connectivity index (χ1n) is 9.67. The lowest BCUT2D eigenvalue weighted by Crippen LogP contribution is -2.43. The second-order valence-corrected chi connectivity index (χ2v) is 6.46. The van der Waals surface area contributed by atoms with Crippen molar-refractivity contribution in [1.29, 1.82) is 0 Å². The predicted molar refractivity (Wildman–Crippen MR) is 106 cm³/mol. The molecule has 2 aromatic rings. The van der Waals surface area contributed by atoms with E-state index in [-0.39, 0.29) is 30.5 Å². The molecule has 1 fully saturated rings. The molecule has 1 aromatic heterocycles. The summed E-state index contributed by atoms with van der Waals surface area (Å²) in [6.07, 6.45) is 1.62. The molecule has 9 nitrogen and oxygen atoms in total. The van der Waals surface area contributed by atoms with E-state index in [0.29, 0.717) is 50.1 Å². The number of amides is 1. The van der Waals surface area contributed by atoms with E-state index in [0.717, 1.165) is 0 Å². The molecule has 0 spiro atoms. The number of nitrogens with one attached hydrogen (secondary N) is 1. The lowest BCUT2D eigenvalue weighted by atomic mass is 10.2. The van der Waals surface area contributed by atoms with Crippen LogP contribution in [0.25, 0.3) is 0 Å². The third-order valence-corrected chi connectivity index (χ3v) is 4.43. The van der Waals surface area contributed by atoms with Crippen LogP contribution in [0.2, 0.25) is 0 Å². The lowest BCUT2D eigenvalue weighted by molar-refractivity contribution is -0.137. The van der Waals surface area contributed by atoms with E-state index in [1.54, 1.807) is 36.2 Å². The number of Topliss-reactive ketones (excluding diaryl/α,β-unsaturated/α-hetero) is 1. The van der Waals surface area contributed by atoms with Gasteiger partial charge in [0.25, 0.3) is 5.91 Å². The summed E-state index contributed by atoms with van der Waals surface area (Å²) in [7, 11) is 0. The van der Waals surface area contributed by atoms with Crippen molar-refractivity contribution in [1.82, 2.24) is 9.88 Å². The molecule has 0 bridgehead atoms. The Kier molecular flexibility index (Phi) is 7.45. The third kappa shape index (κ3) is 5.60. The number of hydrogen-bond acceptors (Lipinski definition) is 7. The van der Waals surface area contributed by atoms with Gasteiger partial charge in [0, 0.05) is 19.3 Å². The average Bonchev–Trinajstić information content (AvgIpc) is 3.32. The van der Waals surface area contributed by atoms with E-state index in [1.165, 1.54) is 12.1 Å². The summed E-state index contributed by atoms with van der Waals surface area (Å²) in [6, 6.07) is 7.80. The summed E-state index contributed by atoms with van der Waals surface area (Å²) in [5, 5.41) is 0. The van der Waals surface area contributed by atoms with Crippen molar-refractivity contribution >= 4 is 17.7 Å². The number of H-pyrrole nitrogens is 1. The van der Waals surface area contributed by atoms with Crippen LogP contribution in [0, 0.1) is 0 Å². The minimum Gasteiger partial charge on any atom is -0.490 e. The van der Waals surface area contributed by atoms with Crippen LogP contribution in [0.4, 0.5) is 0 Å². The molecule has 1 amide bonds. The van der Waals surface area contributed by atoms with E-state index in [1.807, 2.05) is 0 Å². The molecule has 3 rings (SSSR count). The van der Waals surface area contributed by atoms with Crippen LogP contribution in [-0.4, -0.2) is 73.7 Å². The van der Waals surface area contributed by atoms with Gasteiger partial charge in [0.05, 0.1) is 31.1 Å². The molecule has 1 aliphatic heterocycles. The molecular formula is C21H24N2O7. The second-order valence-electron chi connectivity index (χ2n) is 6.46. The van der Waals surface area contributed by atoms with Crippen LogP contribution in [0.15, 0.2) is 36.5 Å². The molecule has 2 heterocycles. The average molecular weight is 416 g/mol. The Labute approximate surface area is 173 Å². The maximum atomic E-state index is 12.3. The fraction of sp³-hybridized carbons (Fsp3) is 0.381. The number of carbonyl (C=O) groups is 3. The summed E-state index contributed by atoms with van der Waals surface area (Å²) in [5.41, 5.74) is 0.580. The molecule has 1 saturated heterocycles. The Bertz CT molecular complexity index is 873. The molecule has 0 aliphatic carbocycles. The highest BCUT2D eigenvalue weighted by Crippen LogP contribution is 2.29. The minimum atomic E-state index is -0.660. The highest BCUT2D eigenvalue weighted by Gasteiger charge is 2.19. The van der Waals surface area contributed by atoms with Gasteiger partial charge in [0.15, 0.2) is 24.7 Å². The molecular weight excluding hydrogens is 392 g/mol. The zero-order valence-corrected chi connectivity index (χ0v) is 16.7. The number of aromatic amines is 1. The third-order valence-electron chi connectivity index (χ3n) is 4.43. The fourth-order valence-corrected chi connectivity index (χ4v) is 2.86. The SMILES string of the molecule is CCOc1cc(C(=O)OCC(=O)c2ccc[nH]2)ccc1OCC(=O)N1CCOCC1. The molecule has 1 N–H and O–H groups in total. The number of ketones is 1. The predicted octanol–water partition coefficient (Wildman–Crippen LogP) is 1.69. The number of aromatic nitrogens is 1. The van der Waals surface area contributed by atoms with Crippen molar-refractivity contribution < 1.29 is 33.3 Å². The van der Waals surface area contributed by atoms with Gasteiger partial charge in [0.1, 0.15) is 0 Å². The minimum absolute atomic E-state index is 0.144. The van der Waals surface area contributed by atoms with Gasteiger partial charge in [-0.3, -0.25) is 9.59 Å². The number of rotatable bonds is 9.